The number of aryl methyl sites for hydroxylation is 1. The summed E-state index contributed by atoms with van der Waals surface area (Å²) in [5, 5.41) is 17.4. The number of H-pyrrole nitrogens is 1. The van der Waals surface area contributed by atoms with E-state index in [1.54, 1.807) is 11.3 Å². The lowest BCUT2D eigenvalue weighted by Gasteiger charge is -2.06. The molecule has 2 aromatic heterocycles. The Morgan fingerprint density at radius 1 is 1.43 bits per heavy atom. The molecule has 0 fully saturated rings. The molecular formula is C14H13N5O3S. The minimum Gasteiger partial charge on any atom is -0.374 e. The molecule has 0 bridgehead atoms. The Morgan fingerprint density at radius 2 is 2.26 bits per heavy atom. The van der Waals surface area contributed by atoms with Crippen LogP contribution in [0, 0.1) is 10.1 Å². The minimum absolute atomic E-state index is 0.165. The van der Waals surface area contributed by atoms with Crippen LogP contribution in [-0.2, 0) is 13.0 Å². The van der Waals surface area contributed by atoms with Gasteiger partial charge in [0, 0.05) is 11.4 Å². The van der Waals surface area contributed by atoms with E-state index in [2.05, 4.69) is 20.3 Å². The molecule has 23 heavy (non-hydrogen) atoms. The number of thiazole rings is 1. The van der Waals surface area contributed by atoms with Crippen LogP contribution in [0.3, 0.4) is 0 Å². The molecule has 2 N–H and O–H groups in total. The zero-order valence-electron chi connectivity index (χ0n) is 12.2. The summed E-state index contributed by atoms with van der Waals surface area (Å²) in [5.74, 6) is 0. The van der Waals surface area contributed by atoms with Gasteiger partial charge in [0.25, 0.3) is 11.2 Å². The summed E-state index contributed by atoms with van der Waals surface area (Å²) in [4.78, 5) is 33.3. The van der Waals surface area contributed by atoms with Crippen molar-refractivity contribution in [3.63, 3.8) is 0 Å². The number of anilines is 1. The van der Waals surface area contributed by atoms with Gasteiger partial charge in [0.1, 0.15) is 5.69 Å². The van der Waals surface area contributed by atoms with Gasteiger partial charge < -0.3 is 10.3 Å². The van der Waals surface area contributed by atoms with E-state index in [0.29, 0.717) is 17.7 Å². The fraction of sp³-hybridized carbons (Fsp3) is 0.214. The molecule has 3 aromatic rings. The van der Waals surface area contributed by atoms with Crippen LogP contribution in [0.1, 0.15) is 17.6 Å². The average molecular weight is 331 g/mol. The highest BCUT2D eigenvalue weighted by Gasteiger charge is 2.17. The van der Waals surface area contributed by atoms with Gasteiger partial charge in [-0.2, -0.15) is 0 Å². The topological polar surface area (TPSA) is 114 Å². The maximum absolute atomic E-state index is 11.7. The Morgan fingerprint density at radius 3 is 2.96 bits per heavy atom. The molecule has 0 aliphatic carbocycles. The SMILES string of the molecule is CCc1nc(CNc2cc3nc[nH]c(=O)c3cc2[N+](=O)[O-])cs1. The molecule has 3 rings (SSSR count). The standard InChI is InChI=1S/C14H13N5O3S/c1-2-13-18-8(6-23-13)5-15-11-4-10-9(3-12(11)19(21)22)14(20)17-7-16-10/h3-4,6-7,15H,2,5H2,1H3,(H,16,17,20). The number of nitrogens with one attached hydrogen (secondary N) is 2. The first-order valence-corrected chi connectivity index (χ1v) is 7.79. The Kier molecular flexibility index (Phi) is 4.02. The van der Waals surface area contributed by atoms with Gasteiger partial charge in [-0.3, -0.25) is 14.9 Å². The number of fused-ring (bicyclic) bond motifs is 1. The Balaban J connectivity index is 1.96. The number of aromatic nitrogens is 3. The lowest BCUT2D eigenvalue weighted by atomic mass is 10.2. The largest absolute Gasteiger partial charge is 0.374 e. The van der Waals surface area contributed by atoms with Crippen LogP contribution in [-0.4, -0.2) is 19.9 Å². The molecule has 0 atom stereocenters. The summed E-state index contributed by atoms with van der Waals surface area (Å²) in [7, 11) is 0. The molecule has 0 spiro atoms. The lowest BCUT2D eigenvalue weighted by Crippen LogP contribution is -2.09. The predicted molar refractivity (Wildman–Crippen MR) is 87.8 cm³/mol. The van der Waals surface area contributed by atoms with Crippen LogP contribution in [0.25, 0.3) is 10.9 Å². The van der Waals surface area contributed by atoms with Crippen LogP contribution in [0.15, 0.2) is 28.6 Å². The summed E-state index contributed by atoms with van der Waals surface area (Å²) >= 11 is 1.56. The van der Waals surface area contributed by atoms with Crippen molar-refractivity contribution in [3.05, 3.63) is 55.0 Å². The molecule has 0 radical (unpaired) electrons. The lowest BCUT2D eigenvalue weighted by molar-refractivity contribution is -0.383. The van der Waals surface area contributed by atoms with Crippen molar-refractivity contribution in [1.29, 1.82) is 0 Å². The maximum Gasteiger partial charge on any atom is 0.293 e. The Hall–Kier alpha value is -2.81. The number of hydrogen-bond acceptors (Lipinski definition) is 7. The van der Waals surface area contributed by atoms with Crippen molar-refractivity contribution in [1.82, 2.24) is 15.0 Å². The minimum atomic E-state index is -0.521. The van der Waals surface area contributed by atoms with E-state index in [1.165, 1.54) is 18.5 Å². The molecule has 2 heterocycles. The zero-order valence-corrected chi connectivity index (χ0v) is 13.0. The third-order valence-corrected chi connectivity index (χ3v) is 4.36. The molecule has 0 amide bonds. The summed E-state index contributed by atoms with van der Waals surface area (Å²) in [6.07, 6.45) is 2.13. The summed E-state index contributed by atoms with van der Waals surface area (Å²) in [5.41, 5.74) is 0.958. The van der Waals surface area contributed by atoms with E-state index >= 15 is 0 Å². The number of rotatable bonds is 5. The van der Waals surface area contributed by atoms with E-state index in [0.717, 1.165) is 17.1 Å². The second-order valence-corrected chi connectivity index (χ2v) is 5.76. The second kappa shape index (κ2) is 6.13. The normalized spacial score (nSPS) is 10.8. The van der Waals surface area contributed by atoms with Crippen LogP contribution >= 0.6 is 11.3 Å². The van der Waals surface area contributed by atoms with Crippen molar-refractivity contribution >= 4 is 33.6 Å². The average Bonchev–Trinajstić information content (AvgIpc) is 3.00. The van der Waals surface area contributed by atoms with Gasteiger partial charge in [-0.15, -0.1) is 11.3 Å². The van der Waals surface area contributed by atoms with E-state index < -0.39 is 10.5 Å². The third-order valence-electron chi connectivity index (χ3n) is 3.32. The molecule has 9 heteroatoms. The van der Waals surface area contributed by atoms with Crippen molar-refractivity contribution in [2.45, 2.75) is 19.9 Å². The van der Waals surface area contributed by atoms with Crippen molar-refractivity contribution in [3.8, 4) is 0 Å². The molecule has 0 saturated carbocycles. The Labute approximate surface area is 134 Å². The number of nitro groups is 1. The Bertz CT molecular complexity index is 934. The number of hydrogen-bond donors (Lipinski definition) is 2. The number of benzene rings is 1. The maximum atomic E-state index is 11.7. The van der Waals surface area contributed by atoms with Crippen LogP contribution in [0.2, 0.25) is 0 Å². The molecule has 8 nitrogen and oxygen atoms in total. The number of nitrogens with zero attached hydrogens (tertiary/aromatic N) is 3. The first-order valence-electron chi connectivity index (χ1n) is 6.91. The molecule has 0 saturated heterocycles. The zero-order chi connectivity index (χ0) is 16.4. The van der Waals surface area contributed by atoms with Crippen molar-refractivity contribution < 1.29 is 4.92 Å². The summed E-state index contributed by atoms with van der Waals surface area (Å²) in [6, 6.07) is 2.75. The van der Waals surface area contributed by atoms with E-state index in [1.807, 2.05) is 12.3 Å². The van der Waals surface area contributed by atoms with Gasteiger partial charge in [0.2, 0.25) is 0 Å². The first-order chi connectivity index (χ1) is 11.1. The highest BCUT2D eigenvalue weighted by Crippen LogP contribution is 2.28. The van der Waals surface area contributed by atoms with Gasteiger partial charge >= 0.3 is 0 Å². The molecule has 0 unspecified atom stereocenters. The van der Waals surface area contributed by atoms with Gasteiger partial charge in [-0.1, -0.05) is 6.92 Å². The molecule has 0 aliphatic rings. The predicted octanol–water partition coefficient (Wildman–Crippen LogP) is 2.46. The van der Waals surface area contributed by atoms with Crippen LogP contribution in [0.4, 0.5) is 11.4 Å². The second-order valence-electron chi connectivity index (χ2n) is 4.81. The third kappa shape index (κ3) is 3.04. The molecule has 118 valence electrons. The van der Waals surface area contributed by atoms with Crippen LogP contribution in [0.5, 0.6) is 0 Å². The smallest absolute Gasteiger partial charge is 0.293 e. The first kappa shape index (κ1) is 15.1. The fourth-order valence-corrected chi connectivity index (χ4v) is 2.92. The number of aromatic amines is 1. The highest BCUT2D eigenvalue weighted by molar-refractivity contribution is 7.09. The summed E-state index contributed by atoms with van der Waals surface area (Å²) in [6.45, 7) is 2.39. The quantitative estimate of drug-likeness (QED) is 0.548. The number of nitro benzene ring substituents is 1. The van der Waals surface area contributed by atoms with Crippen molar-refractivity contribution in [2.24, 2.45) is 0 Å². The van der Waals surface area contributed by atoms with Crippen molar-refractivity contribution in [2.75, 3.05) is 5.32 Å². The molecular weight excluding hydrogens is 318 g/mol. The van der Waals surface area contributed by atoms with Gasteiger partial charge in [-0.25, -0.2) is 9.97 Å². The van der Waals surface area contributed by atoms with E-state index in [9.17, 15) is 14.9 Å². The summed E-state index contributed by atoms with van der Waals surface area (Å²) < 4.78 is 0. The van der Waals surface area contributed by atoms with Gasteiger partial charge in [0.15, 0.2) is 0 Å². The molecule has 0 aliphatic heterocycles. The molecule has 1 aromatic carbocycles. The van der Waals surface area contributed by atoms with E-state index in [4.69, 9.17) is 0 Å². The van der Waals surface area contributed by atoms with Gasteiger partial charge in [-0.05, 0) is 12.5 Å². The highest BCUT2D eigenvalue weighted by atomic mass is 32.1. The monoisotopic (exact) mass is 331 g/mol. The fourth-order valence-electron chi connectivity index (χ4n) is 2.17. The van der Waals surface area contributed by atoms with E-state index in [-0.39, 0.29) is 11.1 Å². The van der Waals surface area contributed by atoms with Crippen LogP contribution < -0.4 is 10.9 Å². The van der Waals surface area contributed by atoms with Gasteiger partial charge in [0.05, 0.1) is 39.4 Å².